The second kappa shape index (κ2) is 6.89. The Morgan fingerprint density at radius 2 is 1.96 bits per heavy atom. The maximum Gasteiger partial charge on any atom is 0.123 e. The van der Waals surface area contributed by atoms with Crippen LogP contribution in [0.1, 0.15) is 18.4 Å². The minimum atomic E-state index is -0.256. The van der Waals surface area contributed by atoms with Crippen molar-refractivity contribution >= 4 is 0 Å². The van der Waals surface area contributed by atoms with Crippen LogP contribution in [0.3, 0.4) is 0 Å². The fraction of sp³-hybridized carbons (Fsp3) is 0.158. The number of halogens is 1. The fourth-order valence-electron chi connectivity index (χ4n) is 2.67. The largest absolute Gasteiger partial charge is 0.360 e. The zero-order valence-corrected chi connectivity index (χ0v) is 12.6. The summed E-state index contributed by atoms with van der Waals surface area (Å²) in [6, 6.07) is 14.4. The Kier molecular flexibility index (Phi) is 4.49. The van der Waals surface area contributed by atoms with Crippen molar-refractivity contribution in [2.75, 3.05) is 0 Å². The minimum Gasteiger partial charge on any atom is -0.360 e. The second-order valence-electron chi connectivity index (χ2n) is 5.30. The van der Waals surface area contributed by atoms with E-state index in [9.17, 15) is 4.39 Å². The second-order valence-corrected chi connectivity index (χ2v) is 5.30. The molecule has 0 atom stereocenters. The summed E-state index contributed by atoms with van der Waals surface area (Å²) < 4.78 is 13.2. The van der Waals surface area contributed by atoms with Crippen LogP contribution >= 0.6 is 0 Å². The number of nitrogens with one attached hydrogen (secondary N) is 1. The van der Waals surface area contributed by atoms with E-state index in [0.29, 0.717) is 6.42 Å². The summed E-state index contributed by atoms with van der Waals surface area (Å²) in [7, 11) is 0. The molecule has 114 valence electrons. The van der Waals surface area contributed by atoms with Gasteiger partial charge in [0.25, 0.3) is 0 Å². The van der Waals surface area contributed by atoms with Gasteiger partial charge < -0.3 is 4.98 Å². The monoisotopic (exact) mass is 305 g/mol. The van der Waals surface area contributed by atoms with Crippen molar-refractivity contribution in [3.8, 4) is 28.6 Å². The number of nitriles is 1. The number of hydrogen-bond donors (Lipinski definition) is 1. The Bertz CT molecular complexity index is 814. The number of pyridine rings is 1. The molecular weight excluding hydrogens is 289 g/mol. The minimum absolute atomic E-state index is 0.256. The summed E-state index contributed by atoms with van der Waals surface area (Å²) in [5.41, 5.74) is 4.86. The van der Waals surface area contributed by atoms with E-state index in [1.54, 1.807) is 18.3 Å². The highest BCUT2D eigenvalue weighted by atomic mass is 19.1. The third-order valence-corrected chi connectivity index (χ3v) is 3.75. The van der Waals surface area contributed by atoms with Crippen LogP contribution in [-0.4, -0.2) is 9.97 Å². The van der Waals surface area contributed by atoms with Gasteiger partial charge in [-0.1, -0.05) is 6.07 Å². The Labute approximate surface area is 134 Å². The van der Waals surface area contributed by atoms with Gasteiger partial charge >= 0.3 is 0 Å². The molecule has 3 rings (SSSR count). The Hall–Kier alpha value is -2.93. The summed E-state index contributed by atoms with van der Waals surface area (Å²) in [4.78, 5) is 7.74. The SMILES string of the molecule is N#CCCCc1c[nH]c(-c2ccc(F)cc2)c1-c1ccccn1. The van der Waals surface area contributed by atoms with Gasteiger partial charge in [-0.05, 0) is 60.4 Å². The highest BCUT2D eigenvalue weighted by Crippen LogP contribution is 2.34. The number of rotatable bonds is 5. The molecule has 2 aromatic heterocycles. The van der Waals surface area contributed by atoms with Crippen LogP contribution in [0.5, 0.6) is 0 Å². The predicted octanol–water partition coefficient (Wildman–Crippen LogP) is 4.73. The normalized spacial score (nSPS) is 10.4. The quantitative estimate of drug-likeness (QED) is 0.693. The first-order valence-corrected chi connectivity index (χ1v) is 7.54. The van der Waals surface area contributed by atoms with Crippen molar-refractivity contribution in [1.82, 2.24) is 9.97 Å². The van der Waals surface area contributed by atoms with E-state index < -0.39 is 0 Å². The van der Waals surface area contributed by atoms with Gasteiger partial charge in [0.05, 0.1) is 17.5 Å². The number of nitrogens with zero attached hydrogens (tertiary/aromatic N) is 2. The molecule has 1 aromatic carbocycles. The molecule has 0 saturated heterocycles. The molecule has 3 nitrogen and oxygen atoms in total. The van der Waals surface area contributed by atoms with Crippen molar-refractivity contribution in [2.24, 2.45) is 0 Å². The standard InChI is InChI=1S/C19H16FN3/c20-16-9-7-14(8-10-16)19-18(17-6-2-4-12-22-17)15(13-23-19)5-1-3-11-21/h2,4,6-10,12-13,23H,1,3,5H2. The first kappa shape index (κ1) is 15.0. The molecule has 0 fully saturated rings. The van der Waals surface area contributed by atoms with Gasteiger partial charge in [-0.15, -0.1) is 0 Å². The lowest BCUT2D eigenvalue weighted by Gasteiger charge is -2.07. The van der Waals surface area contributed by atoms with E-state index >= 15 is 0 Å². The van der Waals surface area contributed by atoms with E-state index in [1.807, 2.05) is 24.4 Å². The van der Waals surface area contributed by atoms with Crippen LogP contribution in [0.4, 0.5) is 4.39 Å². The third kappa shape index (κ3) is 3.29. The molecule has 4 heteroatoms. The van der Waals surface area contributed by atoms with Gasteiger partial charge in [-0.25, -0.2) is 4.39 Å². The topological polar surface area (TPSA) is 52.5 Å². The van der Waals surface area contributed by atoms with Crippen LogP contribution in [0, 0.1) is 17.1 Å². The molecule has 0 bridgehead atoms. The third-order valence-electron chi connectivity index (χ3n) is 3.75. The Morgan fingerprint density at radius 1 is 1.13 bits per heavy atom. The number of hydrogen-bond acceptors (Lipinski definition) is 2. The summed E-state index contributed by atoms with van der Waals surface area (Å²) in [6.45, 7) is 0. The van der Waals surface area contributed by atoms with Gasteiger partial charge in [0.15, 0.2) is 0 Å². The maximum absolute atomic E-state index is 13.2. The number of aromatic amines is 1. The number of aromatic nitrogens is 2. The lowest BCUT2D eigenvalue weighted by atomic mass is 9.98. The van der Waals surface area contributed by atoms with E-state index in [4.69, 9.17) is 5.26 Å². The van der Waals surface area contributed by atoms with Crippen LogP contribution < -0.4 is 0 Å². The highest BCUT2D eigenvalue weighted by Gasteiger charge is 2.15. The smallest absolute Gasteiger partial charge is 0.123 e. The van der Waals surface area contributed by atoms with E-state index in [-0.39, 0.29) is 5.82 Å². The van der Waals surface area contributed by atoms with Crippen LogP contribution in [0.25, 0.3) is 22.5 Å². The number of aryl methyl sites for hydroxylation is 1. The van der Waals surface area contributed by atoms with Gasteiger partial charge in [0.1, 0.15) is 5.82 Å². The van der Waals surface area contributed by atoms with Crippen LogP contribution in [0.15, 0.2) is 54.9 Å². The van der Waals surface area contributed by atoms with Gasteiger partial charge in [0, 0.05) is 24.4 Å². The van der Waals surface area contributed by atoms with Crippen molar-refractivity contribution < 1.29 is 4.39 Å². The Balaban J connectivity index is 2.06. The summed E-state index contributed by atoms with van der Waals surface area (Å²) in [5.74, 6) is -0.256. The van der Waals surface area contributed by atoms with E-state index in [0.717, 1.165) is 40.9 Å². The van der Waals surface area contributed by atoms with Gasteiger partial charge in [-0.3, -0.25) is 4.98 Å². The average Bonchev–Trinajstić information content (AvgIpc) is 3.00. The Morgan fingerprint density at radius 3 is 2.65 bits per heavy atom. The molecule has 0 radical (unpaired) electrons. The molecule has 0 saturated carbocycles. The van der Waals surface area contributed by atoms with Gasteiger partial charge in [-0.2, -0.15) is 5.26 Å². The summed E-state index contributed by atoms with van der Waals surface area (Å²) in [5, 5.41) is 8.73. The zero-order valence-electron chi connectivity index (χ0n) is 12.6. The van der Waals surface area contributed by atoms with E-state index in [2.05, 4.69) is 16.0 Å². The molecule has 2 heterocycles. The van der Waals surface area contributed by atoms with Crippen molar-refractivity contribution in [1.29, 1.82) is 5.26 Å². The van der Waals surface area contributed by atoms with E-state index in [1.165, 1.54) is 12.1 Å². The maximum atomic E-state index is 13.2. The molecule has 0 aliphatic carbocycles. The van der Waals surface area contributed by atoms with Crippen molar-refractivity contribution in [3.05, 3.63) is 66.2 Å². The number of unbranched alkanes of at least 4 members (excludes halogenated alkanes) is 1. The first-order valence-electron chi connectivity index (χ1n) is 7.54. The molecule has 0 unspecified atom stereocenters. The summed E-state index contributed by atoms with van der Waals surface area (Å²) >= 11 is 0. The summed E-state index contributed by atoms with van der Waals surface area (Å²) in [6.07, 6.45) is 5.85. The highest BCUT2D eigenvalue weighted by molar-refractivity contribution is 5.82. The number of H-pyrrole nitrogens is 1. The molecule has 0 aliphatic rings. The van der Waals surface area contributed by atoms with Crippen LogP contribution in [-0.2, 0) is 6.42 Å². The lowest BCUT2D eigenvalue weighted by Crippen LogP contribution is -1.90. The molecular formula is C19H16FN3. The lowest BCUT2D eigenvalue weighted by molar-refractivity contribution is 0.628. The van der Waals surface area contributed by atoms with Crippen molar-refractivity contribution in [2.45, 2.75) is 19.3 Å². The fourth-order valence-corrected chi connectivity index (χ4v) is 2.67. The molecule has 23 heavy (non-hydrogen) atoms. The van der Waals surface area contributed by atoms with Gasteiger partial charge in [0.2, 0.25) is 0 Å². The van der Waals surface area contributed by atoms with Crippen molar-refractivity contribution in [3.63, 3.8) is 0 Å². The molecule has 0 aliphatic heterocycles. The predicted molar refractivity (Wildman–Crippen MR) is 88.0 cm³/mol. The average molecular weight is 305 g/mol. The zero-order chi connectivity index (χ0) is 16.1. The number of benzene rings is 1. The first-order chi connectivity index (χ1) is 11.3. The molecule has 1 N–H and O–H groups in total. The van der Waals surface area contributed by atoms with Crippen LogP contribution in [0.2, 0.25) is 0 Å². The molecule has 0 amide bonds. The molecule has 0 spiro atoms. The molecule has 3 aromatic rings.